The van der Waals surface area contributed by atoms with Crippen molar-refractivity contribution in [2.24, 2.45) is 0 Å². The van der Waals surface area contributed by atoms with Gasteiger partial charge in [0.05, 0.1) is 0 Å². The monoisotopic (exact) mass is 504 g/mol. The Bertz CT molecular complexity index is 1210. The minimum absolute atomic E-state index is 0.196. The van der Waals surface area contributed by atoms with Crippen LogP contribution in [0.25, 0.3) is 16.4 Å². The predicted octanol–water partition coefficient (Wildman–Crippen LogP) is 5.69. The molecule has 1 aromatic carbocycles. The molecule has 4 rings (SSSR count). The van der Waals surface area contributed by atoms with Gasteiger partial charge in [-0.15, -0.1) is 0 Å². The number of halogens is 3. The molecule has 1 N–H and O–H groups in total. The van der Waals surface area contributed by atoms with Gasteiger partial charge < -0.3 is 10.0 Å². The van der Waals surface area contributed by atoms with Gasteiger partial charge in [-0.05, 0) is 35.8 Å². The maximum absolute atomic E-state index is 13.1. The molecule has 10 heteroatoms. The highest BCUT2D eigenvalue weighted by Crippen LogP contribution is 2.34. The first-order chi connectivity index (χ1) is 16.7. The van der Waals surface area contributed by atoms with Gasteiger partial charge in [0.15, 0.2) is 5.13 Å². The molecule has 1 saturated heterocycles. The van der Waals surface area contributed by atoms with Crippen molar-refractivity contribution in [1.29, 1.82) is 0 Å². The number of alkyl halides is 3. The van der Waals surface area contributed by atoms with Crippen LogP contribution in [-0.4, -0.2) is 51.6 Å². The summed E-state index contributed by atoms with van der Waals surface area (Å²) in [5.41, 5.74) is 1.53. The van der Waals surface area contributed by atoms with Crippen molar-refractivity contribution in [3.05, 3.63) is 59.3 Å². The van der Waals surface area contributed by atoms with E-state index in [-0.39, 0.29) is 6.04 Å². The van der Waals surface area contributed by atoms with Gasteiger partial charge in [0.25, 0.3) is 0 Å². The molecule has 3 heterocycles. The second-order valence-corrected chi connectivity index (χ2v) is 9.61. The highest BCUT2D eigenvalue weighted by molar-refractivity contribution is 7.21. The van der Waals surface area contributed by atoms with E-state index < -0.39 is 17.8 Å². The zero-order chi connectivity index (χ0) is 25.0. The van der Waals surface area contributed by atoms with E-state index in [1.807, 2.05) is 24.3 Å². The zero-order valence-electron chi connectivity index (χ0n) is 19.3. The molecule has 35 heavy (non-hydrogen) atoms. The van der Waals surface area contributed by atoms with Crippen molar-refractivity contribution < 1.29 is 23.1 Å². The molecule has 1 aliphatic heterocycles. The average molecular weight is 505 g/mol. The quantitative estimate of drug-likeness (QED) is 0.398. The van der Waals surface area contributed by atoms with Gasteiger partial charge in [-0.2, -0.15) is 13.2 Å². The number of hydrogen-bond donors (Lipinski definition) is 1. The lowest BCUT2D eigenvalue weighted by atomic mass is 10.0. The molecule has 0 saturated carbocycles. The van der Waals surface area contributed by atoms with Crippen LogP contribution in [0, 0.1) is 0 Å². The Kier molecular flexibility index (Phi) is 7.71. The van der Waals surface area contributed by atoms with E-state index in [2.05, 4.69) is 26.7 Å². The van der Waals surface area contributed by atoms with Gasteiger partial charge in [-0.25, -0.2) is 14.8 Å². The maximum Gasteiger partial charge on any atom is 0.433 e. The molecule has 1 atom stereocenters. The lowest BCUT2D eigenvalue weighted by molar-refractivity contribution is -0.141. The van der Waals surface area contributed by atoms with E-state index in [4.69, 9.17) is 5.11 Å². The third-order valence-corrected chi connectivity index (χ3v) is 7.02. The fraction of sp³-hybridized carbons (Fsp3) is 0.400. The molecule has 0 amide bonds. The number of anilines is 1. The number of carbonyl (C=O) groups is 1. The second kappa shape index (κ2) is 10.7. The molecule has 3 aromatic rings. The summed E-state index contributed by atoms with van der Waals surface area (Å²) in [6, 6.07) is 10.4. The highest BCUT2D eigenvalue weighted by Gasteiger charge is 2.33. The highest BCUT2D eigenvalue weighted by atomic mass is 32.1. The average Bonchev–Trinajstić information content (AvgIpc) is 3.24. The van der Waals surface area contributed by atoms with Crippen LogP contribution in [0.5, 0.6) is 0 Å². The van der Waals surface area contributed by atoms with Crippen LogP contribution >= 0.6 is 11.3 Å². The van der Waals surface area contributed by atoms with Crippen molar-refractivity contribution in [2.75, 3.05) is 24.5 Å². The van der Waals surface area contributed by atoms with Crippen LogP contribution in [0.4, 0.5) is 18.3 Å². The Labute approximate surface area is 205 Å². The van der Waals surface area contributed by atoms with Crippen molar-refractivity contribution in [2.45, 2.75) is 44.9 Å². The SMILES string of the molecule is CCCC[C@@H]1CN(Cc2cccc(/C=C/C(=O)O)c2)CCN1c1nc2ccc(C(F)(F)F)nc2s1. The summed E-state index contributed by atoms with van der Waals surface area (Å²) in [5, 5.41) is 9.58. The standard InChI is InChI=1S/C25H27F3N4O2S/c1-2-3-7-19-16-31(15-18-6-4-5-17(14-18)8-11-22(33)34)12-13-32(19)24-29-20-9-10-21(25(26,27)28)30-23(20)35-24/h4-6,8-11,14,19H,2-3,7,12-13,15-16H2,1H3,(H,33,34)/b11-8+/t19-/m1/s1. The maximum atomic E-state index is 13.1. The number of carboxylic acids is 1. The van der Waals surface area contributed by atoms with E-state index in [9.17, 15) is 18.0 Å². The van der Waals surface area contributed by atoms with Crippen LogP contribution in [0.15, 0.2) is 42.5 Å². The summed E-state index contributed by atoms with van der Waals surface area (Å²) < 4.78 is 39.2. The van der Waals surface area contributed by atoms with Crippen LogP contribution in [0.3, 0.4) is 0 Å². The van der Waals surface area contributed by atoms with Gasteiger partial charge in [0.1, 0.15) is 16.0 Å². The summed E-state index contributed by atoms with van der Waals surface area (Å²) in [7, 11) is 0. The fourth-order valence-corrected chi connectivity index (χ4v) is 5.35. The number of thiazole rings is 1. The number of carboxylic acid groups (broad SMARTS) is 1. The van der Waals surface area contributed by atoms with E-state index >= 15 is 0 Å². The number of aliphatic carboxylic acids is 1. The topological polar surface area (TPSA) is 69.6 Å². The zero-order valence-corrected chi connectivity index (χ0v) is 20.1. The van der Waals surface area contributed by atoms with E-state index in [0.29, 0.717) is 15.5 Å². The van der Waals surface area contributed by atoms with Crippen molar-refractivity contribution >= 4 is 38.9 Å². The summed E-state index contributed by atoms with van der Waals surface area (Å²) in [5.74, 6) is -0.982. The molecule has 6 nitrogen and oxygen atoms in total. The lowest BCUT2D eigenvalue weighted by Gasteiger charge is -2.41. The molecule has 0 radical (unpaired) electrons. The van der Waals surface area contributed by atoms with Crippen LogP contribution in [0.1, 0.15) is 43.0 Å². The third kappa shape index (κ3) is 6.37. The van der Waals surface area contributed by atoms with Crippen molar-refractivity contribution in [1.82, 2.24) is 14.9 Å². The Morgan fingerprint density at radius 2 is 2.06 bits per heavy atom. The molecule has 2 aromatic heterocycles. The van der Waals surface area contributed by atoms with E-state index in [0.717, 1.165) is 68.7 Å². The summed E-state index contributed by atoms with van der Waals surface area (Å²) in [6.07, 6.45) is 1.30. The number of piperazine rings is 1. The van der Waals surface area contributed by atoms with Crippen LogP contribution in [-0.2, 0) is 17.5 Å². The molecule has 0 spiro atoms. The molecule has 186 valence electrons. The molecular weight excluding hydrogens is 477 g/mol. The molecular formula is C25H27F3N4O2S. The smallest absolute Gasteiger partial charge is 0.433 e. The van der Waals surface area contributed by atoms with E-state index in [1.165, 1.54) is 17.4 Å². The second-order valence-electron chi connectivity index (χ2n) is 8.66. The third-order valence-electron chi connectivity index (χ3n) is 6.01. The summed E-state index contributed by atoms with van der Waals surface area (Å²) in [4.78, 5) is 24.1. The lowest BCUT2D eigenvalue weighted by Crippen LogP contribution is -2.53. The minimum atomic E-state index is -4.48. The molecule has 1 aliphatic rings. The number of nitrogens with zero attached hydrogens (tertiary/aromatic N) is 4. The van der Waals surface area contributed by atoms with Gasteiger partial charge in [-0.1, -0.05) is 55.4 Å². The Morgan fingerprint density at radius 3 is 2.80 bits per heavy atom. The van der Waals surface area contributed by atoms with Crippen molar-refractivity contribution in [3.63, 3.8) is 0 Å². The Morgan fingerprint density at radius 1 is 1.23 bits per heavy atom. The summed E-state index contributed by atoms with van der Waals surface area (Å²) >= 11 is 1.22. The van der Waals surface area contributed by atoms with Crippen molar-refractivity contribution in [3.8, 4) is 0 Å². The summed E-state index contributed by atoms with van der Waals surface area (Å²) in [6.45, 7) is 5.20. The van der Waals surface area contributed by atoms with Gasteiger partial charge in [-0.3, -0.25) is 4.90 Å². The first kappa shape index (κ1) is 25.1. The normalized spacial score (nSPS) is 17.5. The number of aromatic nitrogens is 2. The molecule has 0 aliphatic carbocycles. The number of pyridine rings is 1. The Balaban J connectivity index is 1.50. The molecule has 0 unspecified atom stereocenters. The molecule has 1 fully saturated rings. The number of hydrogen-bond acceptors (Lipinski definition) is 6. The Hall–Kier alpha value is -2.98. The predicted molar refractivity (Wildman–Crippen MR) is 131 cm³/mol. The first-order valence-corrected chi connectivity index (χ1v) is 12.4. The number of rotatable bonds is 8. The first-order valence-electron chi connectivity index (χ1n) is 11.6. The van der Waals surface area contributed by atoms with Crippen LogP contribution < -0.4 is 4.90 Å². The van der Waals surface area contributed by atoms with Gasteiger partial charge >= 0.3 is 12.1 Å². The number of unbranched alkanes of at least 4 members (excludes halogenated alkanes) is 1. The fourth-order valence-electron chi connectivity index (χ4n) is 4.31. The number of fused-ring (bicyclic) bond motifs is 1. The van der Waals surface area contributed by atoms with Crippen LogP contribution in [0.2, 0.25) is 0 Å². The minimum Gasteiger partial charge on any atom is -0.478 e. The van der Waals surface area contributed by atoms with Gasteiger partial charge in [0, 0.05) is 38.3 Å². The molecule has 0 bridgehead atoms. The van der Waals surface area contributed by atoms with E-state index in [1.54, 1.807) is 6.08 Å². The number of benzene rings is 1. The largest absolute Gasteiger partial charge is 0.478 e. The van der Waals surface area contributed by atoms with Gasteiger partial charge in [0.2, 0.25) is 0 Å².